The van der Waals surface area contributed by atoms with Crippen LogP contribution >= 0.6 is 11.6 Å². The van der Waals surface area contributed by atoms with Crippen molar-refractivity contribution in [2.75, 3.05) is 4.90 Å². The van der Waals surface area contributed by atoms with E-state index in [9.17, 15) is 14.4 Å². The maximum Gasteiger partial charge on any atom is 0.319 e. The molecule has 0 spiro atoms. The number of halogens is 1. The molecule has 3 aliphatic rings. The van der Waals surface area contributed by atoms with Gasteiger partial charge in [-0.25, -0.2) is 4.90 Å². The molecule has 1 fully saturated rings. The molecule has 2 heterocycles. The summed E-state index contributed by atoms with van der Waals surface area (Å²) in [4.78, 5) is 42.7. The van der Waals surface area contributed by atoms with Gasteiger partial charge in [-0.05, 0) is 28.7 Å². The molecule has 2 amide bonds. The highest BCUT2D eigenvalue weighted by Crippen LogP contribution is 2.55. The van der Waals surface area contributed by atoms with E-state index in [0.717, 1.165) is 32.4 Å². The molecule has 5 nitrogen and oxygen atoms in total. The molecule has 6 heteroatoms. The number of rotatable bonds is 2. The normalized spacial score (nSPS) is 24.3. The Morgan fingerprint density at radius 1 is 0.730 bits per heavy atom. The van der Waals surface area contributed by atoms with Gasteiger partial charge in [-0.1, -0.05) is 96.5 Å². The van der Waals surface area contributed by atoms with Crippen LogP contribution in [0.25, 0.3) is 16.3 Å². The van der Waals surface area contributed by atoms with Crippen molar-refractivity contribution in [1.82, 2.24) is 0 Å². The molecule has 37 heavy (non-hydrogen) atoms. The van der Waals surface area contributed by atoms with E-state index in [-0.39, 0.29) is 5.91 Å². The smallest absolute Gasteiger partial charge is 0.319 e. The third kappa shape index (κ3) is 3.14. The fourth-order valence-electron chi connectivity index (χ4n) is 6.16. The number of allylic oxidation sites excluding steroid dienone is 1. The third-order valence-electron chi connectivity index (χ3n) is 7.76. The largest absolute Gasteiger partial charge is 0.425 e. The Morgan fingerprint density at radius 2 is 1.43 bits per heavy atom. The lowest BCUT2D eigenvalue weighted by Crippen LogP contribution is -2.42. The lowest BCUT2D eigenvalue weighted by molar-refractivity contribution is -0.142. The summed E-state index contributed by atoms with van der Waals surface area (Å²) in [6.07, 6.45) is 2.00. The molecule has 1 aliphatic carbocycles. The first-order valence-corrected chi connectivity index (χ1v) is 12.5. The number of hydrogen-bond donors (Lipinski definition) is 0. The van der Waals surface area contributed by atoms with Gasteiger partial charge in [0.05, 0.1) is 28.5 Å². The molecular formula is C31H20ClNO4. The summed E-state index contributed by atoms with van der Waals surface area (Å²) in [6, 6.07) is 28.1. The van der Waals surface area contributed by atoms with Crippen LogP contribution in [0.1, 0.15) is 17.0 Å². The van der Waals surface area contributed by atoms with Crippen molar-refractivity contribution in [2.24, 2.45) is 17.8 Å². The maximum absolute atomic E-state index is 14.0. The molecular weight excluding hydrogens is 486 g/mol. The van der Waals surface area contributed by atoms with Gasteiger partial charge in [0, 0.05) is 16.9 Å². The van der Waals surface area contributed by atoms with E-state index >= 15 is 0 Å². The first-order valence-electron chi connectivity index (χ1n) is 12.2. The van der Waals surface area contributed by atoms with Crippen LogP contribution < -0.4 is 9.64 Å². The molecule has 7 rings (SSSR count). The molecule has 0 aromatic heterocycles. The number of esters is 1. The summed E-state index contributed by atoms with van der Waals surface area (Å²) in [6.45, 7) is 0. The summed E-state index contributed by atoms with van der Waals surface area (Å²) in [7, 11) is 0. The average molecular weight is 506 g/mol. The van der Waals surface area contributed by atoms with E-state index < -0.39 is 35.5 Å². The zero-order chi connectivity index (χ0) is 25.3. The molecule has 0 unspecified atom stereocenters. The Balaban J connectivity index is 1.46. The Morgan fingerprint density at radius 3 is 2.24 bits per heavy atom. The van der Waals surface area contributed by atoms with Gasteiger partial charge in [-0.2, -0.15) is 0 Å². The number of hydrogen-bond acceptors (Lipinski definition) is 4. The van der Waals surface area contributed by atoms with Crippen LogP contribution in [0.4, 0.5) is 5.69 Å². The minimum atomic E-state index is -0.902. The monoisotopic (exact) mass is 505 g/mol. The van der Waals surface area contributed by atoms with Crippen molar-refractivity contribution in [1.29, 1.82) is 0 Å². The second kappa shape index (κ2) is 8.15. The lowest BCUT2D eigenvalue weighted by Gasteiger charge is -2.38. The van der Waals surface area contributed by atoms with Crippen molar-refractivity contribution in [3.8, 4) is 5.75 Å². The van der Waals surface area contributed by atoms with E-state index in [1.165, 1.54) is 0 Å². The fourth-order valence-corrected chi connectivity index (χ4v) is 6.38. The predicted molar refractivity (Wildman–Crippen MR) is 141 cm³/mol. The second-order valence-corrected chi connectivity index (χ2v) is 10.0. The van der Waals surface area contributed by atoms with Crippen molar-refractivity contribution < 1.29 is 19.1 Å². The quantitative estimate of drug-likeness (QED) is 0.190. The van der Waals surface area contributed by atoms with Gasteiger partial charge in [0.25, 0.3) is 0 Å². The molecule has 1 saturated heterocycles. The van der Waals surface area contributed by atoms with Crippen LogP contribution in [0, 0.1) is 17.8 Å². The van der Waals surface area contributed by atoms with Crippen molar-refractivity contribution in [3.63, 3.8) is 0 Å². The zero-order valence-electron chi connectivity index (χ0n) is 19.5. The number of para-hydroxylation sites is 1. The summed E-state index contributed by atoms with van der Waals surface area (Å²) >= 11 is 6.42. The number of fused-ring (bicyclic) bond motifs is 7. The number of imide groups is 1. The number of carbonyl (C=O) groups is 3. The van der Waals surface area contributed by atoms with Gasteiger partial charge in [-0.15, -0.1) is 0 Å². The Hall–Kier alpha value is -4.22. The van der Waals surface area contributed by atoms with Gasteiger partial charge in [0.2, 0.25) is 11.8 Å². The summed E-state index contributed by atoms with van der Waals surface area (Å²) in [5.74, 6) is -3.75. The van der Waals surface area contributed by atoms with Gasteiger partial charge >= 0.3 is 5.97 Å². The minimum absolute atomic E-state index is 0.301. The summed E-state index contributed by atoms with van der Waals surface area (Å²) < 4.78 is 5.92. The van der Waals surface area contributed by atoms with Gasteiger partial charge in [-0.3, -0.25) is 14.4 Å². The highest BCUT2D eigenvalue weighted by molar-refractivity contribution is 6.36. The molecule has 2 aliphatic heterocycles. The molecule has 0 radical (unpaired) electrons. The molecule has 4 aromatic carbocycles. The molecule has 0 bridgehead atoms. The Bertz CT molecular complexity index is 1660. The highest BCUT2D eigenvalue weighted by atomic mass is 35.5. The van der Waals surface area contributed by atoms with E-state index in [0.29, 0.717) is 16.5 Å². The van der Waals surface area contributed by atoms with E-state index in [2.05, 4.69) is 0 Å². The van der Waals surface area contributed by atoms with E-state index in [1.807, 2.05) is 72.8 Å². The topological polar surface area (TPSA) is 63.7 Å². The molecule has 0 saturated carbocycles. The SMILES string of the molecule is O=C1Oc2c(ccc3ccccc23)C2=C[C@H](c3ccccc3)[C@@H]3C(=O)N(c4ccccc4Cl)C(=O)[C@H]3[C@@H]12. The number of carbonyl (C=O) groups excluding carboxylic acids is 3. The lowest BCUT2D eigenvalue weighted by atomic mass is 9.64. The third-order valence-corrected chi connectivity index (χ3v) is 8.08. The molecule has 4 aromatic rings. The first-order chi connectivity index (χ1) is 18.0. The average Bonchev–Trinajstić information content (AvgIpc) is 3.19. The number of amides is 2. The molecule has 4 atom stereocenters. The predicted octanol–water partition coefficient (Wildman–Crippen LogP) is 6.02. The first kappa shape index (κ1) is 22.0. The Labute approximate surface area is 217 Å². The number of benzene rings is 4. The van der Waals surface area contributed by atoms with Crippen LogP contribution in [0.3, 0.4) is 0 Å². The van der Waals surface area contributed by atoms with Crippen LogP contribution in [-0.4, -0.2) is 17.8 Å². The molecule has 180 valence electrons. The second-order valence-electron chi connectivity index (χ2n) is 9.64. The number of nitrogens with zero attached hydrogens (tertiary/aromatic N) is 1. The van der Waals surface area contributed by atoms with Gasteiger partial charge in [0.1, 0.15) is 5.75 Å². The van der Waals surface area contributed by atoms with Crippen LogP contribution in [0.5, 0.6) is 5.75 Å². The van der Waals surface area contributed by atoms with Crippen molar-refractivity contribution in [2.45, 2.75) is 5.92 Å². The Kier molecular flexibility index (Phi) is 4.85. The van der Waals surface area contributed by atoms with Gasteiger partial charge in [0.15, 0.2) is 0 Å². The summed E-state index contributed by atoms with van der Waals surface area (Å²) in [5.41, 5.74) is 2.75. The zero-order valence-corrected chi connectivity index (χ0v) is 20.3. The number of ether oxygens (including phenoxy) is 1. The van der Waals surface area contributed by atoms with Crippen molar-refractivity contribution >= 4 is 51.4 Å². The van der Waals surface area contributed by atoms with Crippen molar-refractivity contribution in [3.05, 3.63) is 113 Å². The van der Waals surface area contributed by atoms with Gasteiger partial charge < -0.3 is 4.74 Å². The standard InChI is InChI=1S/C31H20ClNO4/c32-23-12-6-7-13-24(23)33-29(34)25-21(17-8-2-1-3-9-17)16-22-20-15-14-18-10-4-5-11-19(18)28(20)37-31(36)26(22)27(25)30(33)35/h1-16,21,25-27H/t21-,25+,26+,27-/m1/s1. The fraction of sp³-hybridized carbons (Fsp3) is 0.129. The minimum Gasteiger partial charge on any atom is -0.425 e. The number of anilines is 1. The van der Waals surface area contributed by atoms with E-state index in [4.69, 9.17) is 16.3 Å². The van der Waals surface area contributed by atoms with Crippen LogP contribution in [-0.2, 0) is 14.4 Å². The van der Waals surface area contributed by atoms with E-state index in [1.54, 1.807) is 24.3 Å². The maximum atomic E-state index is 14.0. The molecule has 0 N–H and O–H groups in total. The van der Waals surface area contributed by atoms with Crippen LogP contribution in [0.2, 0.25) is 5.02 Å². The van der Waals surface area contributed by atoms with Crippen LogP contribution in [0.15, 0.2) is 97.1 Å². The highest BCUT2D eigenvalue weighted by Gasteiger charge is 2.60. The summed E-state index contributed by atoms with van der Waals surface area (Å²) in [5, 5.41) is 2.09.